The first-order valence-corrected chi connectivity index (χ1v) is 9.02. The molecule has 1 aromatic heterocycles. The van der Waals surface area contributed by atoms with Crippen LogP contribution in [0.5, 0.6) is 0 Å². The first kappa shape index (κ1) is 17.5. The molecule has 0 aliphatic heterocycles. The van der Waals surface area contributed by atoms with Crippen LogP contribution in [-0.4, -0.2) is 15.1 Å². The lowest BCUT2D eigenvalue weighted by Crippen LogP contribution is -2.13. The maximum Gasteiger partial charge on any atom is 0.258 e. The fourth-order valence-corrected chi connectivity index (χ4v) is 3.24. The summed E-state index contributed by atoms with van der Waals surface area (Å²) < 4.78 is 0. The van der Waals surface area contributed by atoms with Gasteiger partial charge in [-0.1, -0.05) is 41.6 Å². The maximum atomic E-state index is 12.1. The molecule has 0 unspecified atom stereocenters. The van der Waals surface area contributed by atoms with E-state index in [0.717, 1.165) is 16.8 Å². The van der Waals surface area contributed by atoms with E-state index in [4.69, 9.17) is 17.3 Å². The molecule has 1 heterocycles. The van der Waals surface area contributed by atoms with Gasteiger partial charge in [0.05, 0.1) is 22.3 Å². The number of hydrogen-bond donors (Lipinski definition) is 2. The van der Waals surface area contributed by atoms with E-state index in [1.807, 2.05) is 32.0 Å². The number of aromatic nitrogens is 2. The largest absolute Gasteiger partial charge is 0.378 e. The summed E-state index contributed by atoms with van der Waals surface area (Å²) in [5.74, 6) is 0.947. The molecule has 3 rings (SSSR count). The second-order valence-electron chi connectivity index (χ2n) is 5.65. The van der Waals surface area contributed by atoms with E-state index < -0.39 is 0 Å². The number of H-pyrrole nitrogens is 1. The van der Waals surface area contributed by atoms with Gasteiger partial charge >= 0.3 is 0 Å². The predicted octanol–water partition coefficient (Wildman–Crippen LogP) is 4.07. The van der Waals surface area contributed by atoms with Gasteiger partial charge < -0.3 is 10.7 Å². The van der Waals surface area contributed by atoms with E-state index >= 15 is 0 Å². The Morgan fingerprint density at radius 1 is 1.28 bits per heavy atom. The number of amidine groups is 1. The van der Waals surface area contributed by atoms with Crippen LogP contribution in [0.2, 0.25) is 5.02 Å². The van der Waals surface area contributed by atoms with Gasteiger partial charge in [-0.05, 0) is 43.2 Å². The van der Waals surface area contributed by atoms with Gasteiger partial charge in [-0.15, -0.1) is 0 Å². The van der Waals surface area contributed by atoms with Crippen LogP contribution in [0.15, 0.2) is 46.2 Å². The van der Waals surface area contributed by atoms with E-state index in [1.54, 1.807) is 18.2 Å². The molecule has 0 saturated heterocycles. The molecule has 3 aromatic rings. The van der Waals surface area contributed by atoms with Crippen molar-refractivity contribution < 1.29 is 0 Å². The van der Waals surface area contributed by atoms with Gasteiger partial charge in [0, 0.05) is 5.02 Å². The zero-order valence-electron chi connectivity index (χ0n) is 13.8. The summed E-state index contributed by atoms with van der Waals surface area (Å²) in [6.45, 7) is 3.99. The topological polar surface area (TPSA) is 84.1 Å². The average molecular weight is 373 g/mol. The molecule has 0 aliphatic carbocycles. The normalized spacial score (nSPS) is 11.9. The fraction of sp³-hybridized carbons (Fsp3) is 0.167. The summed E-state index contributed by atoms with van der Waals surface area (Å²) in [7, 11) is 0. The van der Waals surface area contributed by atoms with Crippen molar-refractivity contribution in [3.63, 3.8) is 0 Å². The quantitative estimate of drug-likeness (QED) is 0.536. The smallest absolute Gasteiger partial charge is 0.258 e. The van der Waals surface area contributed by atoms with Crippen LogP contribution >= 0.6 is 23.4 Å². The third-order valence-electron chi connectivity index (χ3n) is 3.74. The third-order valence-corrected chi connectivity index (χ3v) is 4.78. The van der Waals surface area contributed by atoms with Crippen LogP contribution in [-0.2, 0) is 5.75 Å². The number of nitrogens with two attached hydrogens (primary N) is 1. The lowest BCUT2D eigenvalue weighted by atomic mass is 10.1. The van der Waals surface area contributed by atoms with E-state index in [0.29, 0.717) is 32.7 Å². The summed E-state index contributed by atoms with van der Waals surface area (Å²) in [5.41, 5.74) is 9.42. The van der Waals surface area contributed by atoms with Gasteiger partial charge in [0.1, 0.15) is 5.82 Å². The average Bonchev–Trinajstić information content (AvgIpc) is 2.56. The molecule has 0 amide bonds. The van der Waals surface area contributed by atoms with E-state index in [2.05, 4.69) is 15.0 Å². The summed E-state index contributed by atoms with van der Waals surface area (Å²) >= 11 is 7.30. The number of aromatic amines is 1. The molecule has 25 heavy (non-hydrogen) atoms. The number of aryl methyl sites for hydroxylation is 2. The SMILES string of the molecule is Cc1cccc(C)c1N=C(N)SCc1nc2cc(Cl)ccc2c(=O)[nH]1. The fourth-order valence-electron chi connectivity index (χ4n) is 2.50. The number of nitrogens with zero attached hydrogens (tertiary/aromatic N) is 2. The molecule has 5 nitrogen and oxygen atoms in total. The van der Waals surface area contributed by atoms with Crippen LogP contribution in [0.1, 0.15) is 17.0 Å². The minimum atomic E-state index is -0.192. The van der Waals surface area contributed by atoms with Crippen molar-refractivity contribution >= 4 is 45.1 Å². The second kappa shape index (κ2) is 7.29. The minimum absolute atomic E-state index is 0.192. The Hall–Kier alpha value is -2.31. The van der Waals surface area contributed by atoms with E-state index in [1.165, 1.54) is 11.8 Å². The second-order valence-corrected chi connectivity index (χ2v) is 7.09. The van der Waals surface area contributed by atoms with E-state index in [-0.39, 0.29) is 5.56 Å². The molecular formula is C18H17ClN4OS. The number of aliphatic imine (C=N–C) groups is 1. The molecule has 0 aliphatic rings. The number of rotatable bonds is 3. The number of para-hydroxylation sites is 1. The van der Waals surface area contributed by atoms with Gasteiger partial charge in [-0.3, -0.25) is 4.79 Å². The third kappa shape index (κ3) is 4.03. The predicted molar refractivity (Wildman–Crippen MR) is 106 cm³/mol. The highest BCUT2D eigenvalue weighted by Crippen LogP contribution is 2.24. The molecule has 0 saturated carbocycles. The summed E-state index contributed by atoms with van der Waals surface area (Å²) in [6.07, 6.45) is 0. The molecule has 0 fully saturated rings. The molecule has 0 atom stereocenters. The lowest BCUT2D eigenvalue weighted by molar-refractivity contribution is 1.04. The molecular weight excluding hydrogens is 356 g/mol. The Bertz CT molecular complexity index is 1010. The van der Waals surface area contributed by atoms with Crippen LogP contribution in [0.3, 0.4) is 0 Å². The van der Waals surface area contributed by atoms with Crippen LogP contribution in [0.4, 0.5) is 5.69 Å². The number of hydrogen-bond acceptors (Lipinski definition) is 4. The van der Waals surface area contributed by atoms with Crippen LogP contribution in [0.25, 0.3) is 10.9 Å². The Balaban J connectivity index is 1.82. The highest BCUT2D eigenvalue weighted by atomic mass is 35.5. The van der Waals surface area contributed by atoms with Gasteiger partial charge in [-0.2, -0.15) is 0 Å². The molecule has 7 heteroatoms. The lowest BCUT2D eigenvalue weighted by Gasteiger charge is -2.06. The molecule has 0 radical (unpaired) electrons. The van der Waals surface area contributed by atoms with Crippen molar-refractivity contribution in [1.29, 1.82) is 0 Å². The van der Waals surface area contributed by atoms with Crippen molar-refractivity contribution in [3.8, 4) is 0 Å². The van der Waals surface area contributed by atoms with Crippen molar-refractivity contribution in [1.82, 2.24) is 9.97 Å². The summed E-state index contributed by atoms with van der Waals surface area (Å²) in [6, 6.07) is 11.0. The molecule has 2 aromatic carbocycles. The van der Waals surface area contributed by atoms with Gasteiger partial charge in [0.25, 0.3) is 5.56 Å². The summed E-state index contributed by atoms with van der Waals surface area (Å²) in [4.78, 5) is 23.8. The van der Waals surface area contributed by atoms with Gasteiger partial charge in [0.2, 0.25) is 0 Å². The Morgan fingerprint density at radius 2 is 2.00 bits per heavy atom. The number of halogens is 1. The van der Waals surface area contributed by atoms with Crippen molar-refractivity contribution in [3.05, 3.63) is 68.7 Å². The molecule has 0 spiro atoms. The zero-order chi connectivity index (χ0) is 18.0. The van der Waals surface area contributed by atoms with Crippen LogP contribution < -0.4 is 11.3 Å². The molecule has 0 bridgehead atoms. The molecule has 3 N–H and O–H groups in total. The standard InChI is InChI=1S/C18H17ClN4OS/c1-10-4-3-5-11(2)16(10)23-18(20)25-9-15-21-14-8-12(19)6-7-13(14)17(24)22-15/h3-8H,9H2,1-2H3,(H2,20,23)(H,21,22,24). The number of thioether (sulfide) groups is 1. The van der Waals surface area contributed by atoms with Gasteiger partial charge in [-0.25, -0.2) is 9.98 Å². The van der Waals surface area contributed by atoms with Gasteiger partial charge in [0.15, 0.2) is 5.17 Å². The number of fused-ring (bicyclic) bond motifs is 1. The van der Waals surface area contributed by atoms with Crippen LogP contribution in [0, 0.1) is 13.8 Å². The highest BCUT2D eigenvalue weighted by Gasteiger charge is 2.07. The Kier molecular flexibility index (Phi) is 5.11. The van der Waals surface area contributed by atoms with Crippen molar-refractivity contribution in [2.45, 2.75) is 19.6 Å². The highest BCUT2D eigenvalue weighted by molar-refractivity contribution is 8.13. The minimum Gasteiger partial charge on any atom is -0.378 e. The maximum absolute atomic E-state index is 12.1. The first-order chi connectivity index (χ1) is 11.9. The van der Waals surface area contributed by atoms with Crippen molar-refractivity contribution in [2.24, 2.45) is 10.7 Å². The monoisotopic (exact) mass is 372 g/mol. The van der Waals surface area contributed by atoms with E-state index in [9.17, 15) is 4.79 Å². The Morgan fingerprint density at radius 3 is 2.72 bits per heavy atom. The summed E-state index contributed by atoms with van der Waals surface area (Å²) in [5, 5.41) is 1.47. The number of nitrogens with one attached hydrogen (secondary N) is 1. The van der Waals surface area contributed by atoms with Crippen molar-refractivity contribution in [2.75, 3.05) is 0 Å². The Labute approximate surface area is 154 Å². The number of benzene rings is 2. The first-order valence-electron chi connectivity index (χ1n) is 7.65. The zero-order valence-corrected chi connectivity index (χ0v) is 15.4. The molecule has 128 valence electrons.